The molecule has 1 saturated heterocycles. The van der Waals surface area contributed by atoms with Crippen molar-refractivity contribution in [3.05, 3.63) is 36.9 Å². The highest BCUT2D eigenvalue weighted by molar-refractivity contribution is 6.05. The summed E-state index contributed by atoms with van der Waals surface area (Å²) in [5.74, 6) is 0.0449. The first-order valence-electron chi connectivity index (χ1n) is 6.37. The van der Waals surface area contributed by atoms with Crippen LogP contribution in [0.4, 0.5) is 5.69 Å². The number of ether oxygens (including phenoxy) is 2. The van der Waals surface area contributed by atoms with Crippen LogP contribution in [-0.2, 0) is 14.3 Å². The van der Waals surface area contributed by atoms with Crippen molar-refractivity contribution in [1.29, 1.82) is 0 Å². The van der Waals surface area contributed by atoms with Gasteiger partial charge in [0.15, 0.2) is 6.10 Å². The molecule has 0 aliphatic carbocycles. The van der Waals surface area contributed by atoms with Crippen LogP contribution in [0.25, 0.3) is 0 Å². The predicted octanol–water partition coefficient (Wildman–Crippen LogP) is 1.92. The summed E-state index contributed by atoms with van der Waals surface area (Å²) in [5, 5.41) is 0. The second kappa shape index (κ2) is 5.77. The summed E-state index contributed by atoms with van der Waals surface area (Å²) < 4.78 is 10.1. The van der Waals surface area contributed by atoms with Crippen molar-refractivity contribution in [2.45, 2.75) is 25.5 Å². The van der Waals surface area contributed by atoms with Crippen molar-refractivity contribution in [2.24, 2.45) is 0 Å². The van der Waals surface area contributed by atoms with Crippen LogP contribution in [0.2, 0.25) is 0 Å². The first-order valence-corrected chi connectivity index (χ1v) is 6.37. The van der Waals surface area contributed by atoms with Crippen molar-refractivity contribution in [3.8, 4) is 5.75 Å². The van der Waals surface area contributed by atoms with Crippen LogP contribution in [0, 0.1) is 0 Å². The third-order valence-corrected chi connectivity index (χ3v) is 3.20. The normalized spacial score (nSPS) is 22.4. The van der Waals surface area contributed by atoms with E-state index in [2.05, 4.69) is 6.58 Å². The quantitative estimate of drug-likeness (QED) is 0.622. The molecule has 1 amide bonds. The van der Waals surface area contributed by atoms with Gasteiger partial charge in [-0.05, 0) is 37.6 Å². The molecule has 106 valence electrons. The minimum atomic E-state index is -0.773. The van der Waals surface area contributed by atoms with Gasteiger partial charge in [-0.25, -0.2) is 4.79 Å². The number of amides is 1. The van der Waals surface area contributed by atoms with E-state index in [9.17, 15) is 9.59 Å². The van der Waals surface area contributed by atoms with Crippen LogP contribution in [0.5, 0.6) is 5.75 Å². The number of benzene rings is 1. The Morgan fingerprint density at radius 3 is 2.55 bits per heavy atom. The summed E-state index contributed by atoms with van der Waals surface area (Å²) in [6.45, 7) is 5.19. The lowest BCUT2D eigenvalue weighted by molar-refractivity contribution is -0.161. The smallest absolute Gasteiger partial charge is 0.330 e. The van der Waals surface area contributed by atoms with Gasteiger partial charge in [-0.15, -0.1) is 6.58 Å². The Bertz CT molecular complexity index is 523. The SMILES string of the molecule is C=CC[C@H]1C(=O)O[C@H](C)C(=O)N1c1ccc(OC)cc1. The predicted molar refractivity (Wildman–Crippen MR) is 74.6 cm³/mol. The first-order chi connectivity index (χ1) is 9.58. The van der Waals surface area contributed by atoms with Crippen LogP contribution in [-0.4, -0.2) is 31.1 Å². The van der Waals surface area contributed by atoms with Gasteiger partial charge in [0.1, 0.15) is 11.8 Å². The minimum Gasteiger partial charge on any atom is -0.497 e. The maximum Gasteiger partial charge on any atom is 0.330 e. The number of morpholine rings is 1. The van der Waals surface area contributed by atoms with Crippen molar-refractivity contribution in [2.75, 3.05) is 12.0 Å². The van der Waals surface area contributed by atoms with E-state index in [0.29, 0.717) is 17.9 Å². The zero-order valence-corrected chi connectivity index (χ0v) is 11.5. The van der Waals surface area contributed by atoms with E-state index in [4.69, 9.17) is 9.47 Å². The van der Waals surface area contributed by atoms with Crippen LogP contribution >= 0.6 is 0 Å². The number of anilines is 1. The number of hydrogen-bond donors (Lipinski definition) is 0. The first kappa shape index (κ1) is 14.1. The Labute approximate surface area is 117 Å². The van der Waals surface area contributed by atoms with Gasteiger partial charge in [0.25, 0.3) is 5.91 Å². The zero-order valence-electron chi connectivity index (χ0n) is 11.5. The summed E-state index contributed by atoms with van der Waals surface area (Å²) in [6.07, 6.45) is 1.18. The summed E-state index contributed by atoms with van der Waals surface area (Å²) in [5.41, 5.74) is 0.645. The fraction of sp³-hybridized carbons (Fsp3) is 0.333. The lowest BCUT2D eigenvalue weighted by Gasteiger charge is -2.36. The molecule has 5 heteroatoms. The van der Waals surface area contributed by atoms with Gasteiger partial charge in [0, 0.05) is 5.69 Å². The molecule has 5 nitrogen and oxygen atoms in total. The van der Waals surface area contributed by atoms with Gasteiger partial charge >= 0.3 is 5.97 Å². The maximum atomic E-state index is 12.3. The number of nitrogens with zero attached hydrogens (tertiary/aromatic N) is 1. The molecule has 0 unspecified atom stereocenters. The third kappa shape index (κ3) is 2.52. The van der Waals surface area contributed by atoms with Crippen LogP contribution in [0.1, 0.15) is 13.3 Å². The highest BCUT2D eigenvalue weighted by atomic mass is 16.6. The molecule has 20 heavy (non-hydrogen) atoms. The van der Waals surface area contributed by atoms with Crippen LogP contribution < -0.4 is 9.64 Å². The Kier molecular flexibility index (Phi) is 4.08. The number of methoxy groups -OCH3 is 1. The average molecular weight is 275 g/mol. The molecule has 2 atom stereocenters. The zero-order chi connectivity index (χ0) is 14.7. The standard InChI is InChI=1S/C15H17NO4/c1-4-5-13-15(18)20-10(2)14(17)16(13)11-6-8-12(19-3)9-7-11/h4,6-10,13H,1,5H2,2-3H3/t10-,13+/m1/s1. The summed E-state index contributed by atoms with van der Waals surface area (Å²) in [7, 11) is 1.57. The Balaban J connectivity index is 2.37. The molecule has 0 spiro atoms. The molecule has 1 fully saturated rings. The van der Waals surface area contributed by atoms with E-state index in [-0.39, 0.29) is 5.91 Å². The number of carbonyl (C=O) groups excluding carboxylic acids is 2. The van der Waals surface area contributed by atoms with Gasteiger partial charge in [-0.1, -0.05) is 6.08 Å². The molecule has 1 heterocycles. The highest BCUT2D eigenvalue weighted by Gasteiger charge is 2.40. The molecule has 2 rings (SSSR count). The second-order valence-corrected chi connectivity index (χ2v) is 4.53. The highest BCUT2D eigenvalue weighted by Crippen LogP contribution is 2.27. The van der Waals surface area contributed by atoms with Crippen molar-refractivity contribution < 1.29 is 19.1 Å². The lowest BCUT2D eigenvalue weighted by Crippen LogP contribution is -2.56. The topological polar surface area (TPSA) is 55.8 Å². The van der Waals surface area contributed by atoms with Crippen molar-refractivity contribution >= 4 is 17.6 Å². The third-order valence-electron chi connectivity index (χ3n) is 3.20. The summed E-state index contributed by atoms with van der Waals surface area (Å²) in [6, 6.07) is 6.33. The summed E-state index contributed by atoms with van der Waals surface area (Å²) in [4.78, 5) is 25.7. The monoisotopic (exact) mass is 275 g/mol. The average Bonchev–Trinajstić information content (AvgIpc) is 2.45. The van der Waals surface area contributed by atoms with E-state index in [1.807, 2.05) is 0 Å². The molecular weight excluding hydrogens is 258 g/mol. The van der Waals surface area contributed by atoms with Gasteiger partial charge < -0.3 is 9.47 Å². The van der Waals surface area contributed by atoms with Gasteiger partial charge in [0.2, 0.25) is 0 Å². The fourth-order valence-corrected chi connectivity index (χ4v) is 2.17. The molecule has 1 aromatic rings. The molecule has 0 radical (unpaired) electrons. The van der Waals surface area contributed by atoms with E-state index in [1.54, 1.807) is 44.4 Å². The Morgan fingerprint density at radius 2 is 2.00 bits per heavy atom. The van der Waals surface area contributed by atoms with Crippen LogP contribution in [0.3, 0.4) is 0 Å². The molecule has 0 saturated carbocycles. The number of esters is 1. The van der Waals surface area contributed by atoms with E-state index in [1.165, 1.54) is 4.90 Å². The van der Waals surface area contributed by atoms with E-state index < -0.39 is 18.1 Å². The molecule has 1 aliphatic heterocycles. The Hall–Kier alpha value is -2.30. The van der Waals surface area contributed by atoms with E-state index >= 15 is 0 Å². The Morgan fingerprint density at radius 1 is 1.35 bits per heavy atom. The molecular formula is C15H17NO4. The van der Waals surface area contributed by atoms with E-state index in [0.717, 1.165) is 0 Å². The van der Waals surface area contributed by atoms with Crippen molar-refractivity contribution in [1.82, 2.24) is 0 Å². The number of rotatable bonds is 4. The van der Waals surface area contributed by atoms with Crippen molar-refractivity contribution in [3.63, 3.8) is 0 Å². The largest absolute Gasteiger partial charge is 0.497 e. The van der Waals surface area contributed by atoms with Gasteiger partial charge in [-0.2, -0.15) is 0 Å². The fourth-order valence-electron chi connectivity index (χ4n) is 2.17. The minimum absolute atomic E-state index is 0.235. The molecule has 0 bridgehead atoms. The second-order valence-electron chi connectivity index (χ2n) is 4.53. The number of carbonyl (C=O) groups is 2. The molecule has 0 N–H and O–H groups in total. The maximum absolute atomic E-state index is 12.3. The number of cyclic esters (lactones) is 1. The molecule has 1 aliphatic rings. The number of hydrogen-bond acceptors (Lipinski definition) is 4. The van der Waals surface area contributed by atoms with Crippen LogP contribution in [0.15, 0.2) is 36.9 Å². The molecule has 1 aromatic carbocycles. The van der Waals surface area contributed by atoms with Gasteiger partial charge in [0.05, 0.1) is 7.11 Å². The lowest BCUT2D eigenvalue weighted by atomic mass is 10.1. The molecule has 0 aromatic heterocycles. The summed E-state index contributed by atoms with van der Waals surface area (Å²) >= 11 is 0. The van der Waals surface area contributed by atoms with Gasteiger partial charge in [-0.3, -0.25) is 9.69 Å².